The molecule has 1 aliphatic heterocycles. The quantitative estimate of drug-likeness (QED) is 0.684. The number of rotatable bonds is 8. The van der Waals surface area contributed by atoms with E-state index in [4.69, 9.17) is 9.84 Å². The maximum atomic E-state index is 12.4. The molecule has 0 bridgehead atoms. The summed E-state index contributed by atoms with van der Waals surface area (Å²) >= 11 is 0. The van der Waals surface area contributed by atoms with Gasteiger partial charge in [0.1, 0.15) is 0 Å². The second kappa shape index (κ2) is 8.58. The Hall–Kier alpha value is -1.56. The van der Waals surface area contributed by atoms with Crippen LogP contribution in [0.3, 0.4) is 0 Å². The third-order valence-electron chi connectivity index (χ3n) is 3.51. The van der Waals surface area contributed by atoms with Crippen LogP contribution in [0.25, 0.3) is 0 Å². The van der Waals surface area contributed by atoms with Gasteiger partial charge in [0.2, 0.25) is 0 Å². The molecule has 0 radical (unpaired) electrons. The number of hydrogen-bond donors (Lipinski definition) is 1. The summed E-state index contributed by atoms with van der Waals surface area (Å²) in [5, 5.41) is 8.69. The smallest absolute Gasteiger partial charge is 0.320 e. The normalized spacial score (nSPS) is 18.1. The minimum atomic E-state index is -0.775. The molecular formula is C14H24N2O4. The average Bonchev–Trinajstić information content (AvgIpc) is 2.89. The van der Waals surface area contributed by atoms with Crippen molar-refractivity contribution in [3.63, 3.8) is 0 Å². The maximum Gasteiger partial charge on any atom is 0.320 e. The van der Waals surface area contributed by atoms with E-state index in [0.717, 1.165) is 6.42 Å². The van der Waals surface area contributed by atoms with Crippen molar-refractivity contribution in [1.29, 1.82) is 0 Å². The number of hydrogen-bond acceptors (Lipinski definition) is 3. The van der Waals surface area contributed by atoms with Gasteiger partial charge in [-0.25, -0.2) is 4.79 Å². The molecule has 0 aromatic heterocycles. The summed E-state index contributed by atoms with van der Waals surface area (Å²) in [4.78, 5) is 26.4. The molecule has 114 valence electrons. The Kier molecular flexibility index (Phi) is 7.08. The molecule has 1 fully saturated rings. The molecule has 1 saturated heterocycles. The first-order chi connectivity index (χ1) is 9.58. The van der Waals surface area contributed by atoms with Crippen LogP contribution in [0.1, 0.15) is 19.3 Å². The lowest BCUT2D eigenvalue weighted by Crippen LogP contribution is -2.43. The molecule has 6 nitrogen and oxygen atoms in total. The highest BCUT2D eigenvalue weighted by molar-refractivity contribution is 5.75. The van der Waals surface area contributed by atoms with Gasteiger partial charge >= 0.3 is 12.0 Å². The van der Waals surface area contributed by atoms with Gasteiger partial charge in [0, 0.05) is 39.7 Å². The van der Waals surface area contributed by atoms with Crippen LogP contribution in [0.5, 0.6) is 0 Å². The van der Waals surface area contributed by atoms with Crippen molar-refractivity contribution in [2.24, 2.45) is 5.92 Å². The van der Waals surface area contributed by atoms with Crippen LogP contribution in [0.4, 0.5) is 4.79 Å². The van der Waals surface area contributed by atoms with E-state index >= 15 is 0 Å². The fraction of sp³-hybridized carbons (Fsp3) is 0.714. The van der Waals surface area contributed by atoms with Crippen molar-refractivity contribution < 1.29 is 19.4 Å². The Labute approximate surface area is 120 Å². The van der Waals surface area contributed by atoms with Gasteiger partial charge in [-0.2, -0.15) is 0 Å². The van der Waals surface area contributed by atoms with Gasteiger partial charge < -0.3 is 19.6 Å². The first kappa shape index (κ1) is 16.5. The van der Waals surface area contributed by atoms with E-state index < -0.39 is 5.97 Å². The molecule has 0 aromatic carbocycles. The van der Waals surface area contributed by atoms with Crippen molar-refractivity contribution in [1.82, 2.24) is 9.80 Å². The van der Waals surface area contributed by atoms with E-state index in [-0.39, 0.29) is 12.5 Å². The summed E-state index contributed by atoms with van der Waals surface area (Å²) < 4.78 is 5.01. The van der Waals surface area contributed by atoms with Crippen molar-refractivity contribution in [3.8, 4) is 0 Å². The molecule has 2 amide bonds. The monoisotopic (exact) mass is 284 g/mol. The number of urea groups is 1. The lowest BCUT2D eigenvalue weighted by atomic mass is 10.0. The Balaban J connectivity index is 2.45. The topological polar surface area (TPSA) is 70.1 Å². The van der Waals surface area contributed by atoms with Gasteiger partial charge in [-0.3, -0.25) is 4.79 Å². The number of likely N-dealkylation sites (tertiary alicyclic amines) is 1. The number of aliphatic carboxylic acids is 1. The molecule has 0 aliphatic carbocycles. The zero-order chi connectivity index (χ0) is 15.0. The van der Waals surface area contributed by atoms with E-state index in [1.165, 1.54) is 0 Å². The van der Waals surface area contributed by atoms with Crippen LogP contribution in [-0.4, -0.2) is 66.8 Å². The van der Waals surface area contributed by atoms with Gasteiger partial charge in [-0.05, 0) is 18.8 Å². The number of nitrogens with zero attached hydrogens (tertiary/aromatic N) is 2. The fourth-order valence-corrected chi connectivity index (χ4v) is 2.39. The number of carbonyl (C=O) groups is 2. The van der Waals surface area contributed by atoms with Gasteiger partial charge in [0.15, 0.2) is 0 Å². The number of methoxy groups -OCH3 is 1. The fourth-order valence-electron chi connectivity index (χ4n) is 2.39. The minimum Gasteiger partial charge on any atom is -0.481 e. The van der Waals surface area contributed by atoms with Crippen LogP contribution >= 0.6 is 0 Å². The molecule has 20 heavy (non-hydrogen) atoms. The lowest BCUT2D eigenvalue weighted by Gasteiger charge is -2.27. The van der Waals surface area contributed by atoms with E-state index in [2.05, 4.69) is 6.58 Å². The first-order valence-corrected chi connectivity index (χ1v) is 6.94. The highest BCUT2D eigenvalue weighted by atomic mass is 16.5. The molecule has 1 aliphatic rings. The predicted octanol–water partition coefficient (Wildman–Crippen LogP) is 1.43. The van der Waals surface area contributed by atoms with Crippen LogP contribution in [-0.2, 0) is 9.53 Å². The Morgan fingerprint density at radius 2 is 2.30 bits per heavy atom. The van der Waals surface area contributed by atoms with Crippen molar-refractivity contribution in [3.05, 3.63) is 12.7 Å². The van der Waals surface area contributed by atoms with E-state index in [1.54, 1.807) is 23.0 Å². The zero-order valence-corrected chi connectivity index (χ0v) is 12.1. The number of ether oxygens (including phenoxy) is 1. The first-order valence-electron chi connectivity index (χ1n) is 6.94. The molecule has 1 unspecified atom stereocenters. The van der Waals surface area contributed by atoms with Gasteiger partial charge in [0.05, 0.1) is 6.61 Å². The maximum absolute atomic E-state index is 12.4. The van der Waals surface area contributed by atoms with Crippen LogP contribution in [0.15, 0.2) is 12.7 Å². The van der Waals surface area contributed by atoms with Gasteiger partial charge in [-0.1, -0.05) is 6.08 Å². The predicted molar refractivity (Wildman–Crippen MR) is 75.6 cm³/mol. The molecule has 1 rings (SSSR count). The summed E-state index contributed by atoms with van der Waals surface area (Å²) in [5.41, 5.74) is 0. The zero-order valence-electron chi connectivity index (χ0n) is 12.1. The van der Waals surface area contributed by atoms with Crippen LogP contribution in [0.2, 0.25) is 0 Å². The summed E-state index contributed by atoms with van der Waals surface area (Å²) in [6.07, 6.45) is 3.39. The van der Waals surface area contributed by atoms with Crippen molar-refractivity contribution in [2.45, 2.75) is 19.3 Å². The number of amides is 2. The molecule has 0 aromatic rings. The summed E-state index contributed by atoms with van der Waals surface area (Å²) in [5.74, 6) is -0.480. The molecule has 0 spiro atoms. The van der Waals surface area contributed by atoms with E-state index in [9.17, 15) is 9.59 Å². The molecular weight excluding hydrogens is 260 g/mol. The Morgan fingerprint density at radius 1 is 1.55 bits per heavy atom. The minimum absolute atomic E-state index is 0.0141. The van der Waals surface area contributed by atoms with Crippen LogP contribution < -0.4 is 0 Å². The Bertz CT molecular complexity index is 346. The molecule has 1 heterocycles. The van der Waals surface area contributed by atoms with Crippen molar-refractivity contribution >= 4 is 12.0 Å². The summed E-state index contributed by atoms with van der Waals surface area (Å²) in [6.45, 7) is 6.54. The molecule has 1 atom stereocenters. The van der Waals surface area contributed by atoms with Gasteiger partial charge in [0.25, 0.3) is 0 Å². The van der Waals surface area contributed by atoms with Crippen LogP contribution in [0, 0.1) is 5.92 Å². The molecule has 0 saturated carbocycles. The summed E-state index contributed by atoms with van der Waals surface area (Å²) in [7, 11) is 1.61. The average molecular weight is 284 g/mol. The largest absolute Gasteiger partial charge is 0.481 e. The van der Waals surface area contributed by atoms with Gasteiger partial charge in [-0.15, -0.1) is 6.58 Å². The highest BCUT2D eigenvalue weighted by Gasteiger charge is 2.28. The second-order valence-corrected chi connectivity index (χ2v) is 5.04. The molecule has 6 heteroatoms. The third-order valence-corrected chi connectivity index (χ3v) is 3.51. The number of carboxylic acids is 1. The number of carboxylic acid groups (broad SMARTS) is 1. The Morgan fingerprint density at radius 3 is 2.90 bits per heavy atom. The standard InChI is InChI=1S/C14H24N2O4/c1-3-7-15(9-10-20-2)14(19)16-8-6-12(11-16)4-5-13(17)18/h3,12H,1,4-11H2,2H3,(H,17,18). The number of carbonyl (C=O) groups excluding carboxylic acids is 1. The second-order valence-electron chi connectivity index (χ2n) is 5.04. The SMILES string of the molecule is C=CCN(CCOC)C(=O)N1CCC(CCC(=O)O)C1. The van der Waals surface area contributed by atoms with E-state index in [0.29, 0.717) is 45.1 Å². The third kappa shape index (κ3) is 5.21. The highest BCUT2D eigenvalue weighted by Crippen LogP contribution is 2.22. The van der Waals surface area contributed by atoms with Crippen molar-refractivity contribution in [2.75, 3.05) is 39.9 Å². The summed E-state index contributed by atoms with van der Waals surface area (Å²) in [6, 6.07) is -0.0141. The lowest BCUT2D eigenvalue weighted by molar-refractivity contribution is -0.137. The van der Waals surface area contributed by atoms with E-state index in [1.807, 2.05) is 0 Å². The molecule has 1 N–H and O–H groups in total.